The number of benzene rings is 1. The lowest BCUT2D eigenvalue weighted by atomic mass is 9.78. The van der Waals surface area contributed by atoms with Crippen molar-refractivity contribution in [2.45, 2.75) is 19.3 Å². The maximum absolute atomic E-state index is 11.0. The lowest BCUT2D eigenvalue weighted by Gasteiger charge is -2.28. The summed E-state index contributed by atoms with van der Waals surface area (Å²) in [6.45, 7) is 1.81. The molecule has 1 atom stereocenters. The Morgan fingerprint density at radius 2 is 2.24 bits per heavy atom. The predicted molar refractivity (Wildman–Crippen MR) is 65.8 cm³/mol. The molecule has 2 aromatic rings. The fourth-order valence-corrected chi connectivity index (χ4v) is 3.28. The van der Waals surface area contributed by atoms with E-state index < -0.39 is 5.97 Å². The first-order chi connectivity index (χ1) is 8.16. The van der Waals surface area contributed by atoms with E-state index in [-0.39, 0.29) is 5.69 Å². The molecule has 1 unspecified atom stereocenters. The number of aryl methyl sites for hydroxylation is 1. The predicted octanol–water partition coefficient (Wildman–Crippen LogP) is 2.84. The van der Waals surface area contributed by atoms with Gasteiger partial charge in [-0.15, -0.1) is 11.3 Å². The van der Waals surface area contributed by atoms with Gasteiger partial charge in [0.15, 0.2) is 5.69 Å². The number of nitrogens with zero attached hydrogens (tertiary/aromatic N) is 1. The van der Waals surface area contributed by atoms with Crippen molar-refractivity contribution in [3.05, 3.63) is 51.0 Å². The van der Waals surface area contributed by atoms with Crippen LogP contribution in [0, 0.1) is 6.92 Å². The van der Waals surface area contributed by atoms with Gasteiger partial charge in [-0.25, -0.2) is 9.78 Å². The summed E-state index contributed by atoms with van der Waals surface area (Å²) < 4.78 is 0. The molecular weight excluding hydrogens is 234 g/mol. The number of hydrogen-bond acceptors (Lipinski definition) is 3. The Morgan fingerprint density at radius 1 is 1.47 bits per heavy atom. The Kier molecular flexibility index (Phi) is 2.26. The highest BCUT2D eigenvalue weighted by molar-refractivity contribution is 7.12. The lowest BCUT2D eigenvalue weighted by molar-refractivity contribution is 0.0690. The molecule has 0 fully saturated rings. The normalized spacial score (nSPS) is 17.4. The van der Waals surface area contributed by atoms with Crippen molar-refractivity contribution in [1.29, 1.82) is 0 Å². The molecule has 1 aromatic heterocycles. The monoisotopic (exact) mass is 245 g/mol. The first-order valence-electron chi connectivity index (χ1n) is 5.45. The van der Waals surface area contributed by atoms with Gasteiger partial charge in [-0.05, 0) is 24.5 Å². The largest absolute Gasteiger partial charge is 0.476 e. The smallest absolute Gasteiger partial charge is 0.355 e. The van der Waals surface area contributed by atoms with E-state index in [1.165, 1.54) is 22.5 Å². The van der Waals surface area contributed by atoms with Gasteiger partial charge in [0.2, 0.25) is 0 Å². The Labute approximate surface area is 103 Å². The van der Waals surface area contributed by atoms with Gasteiger partial charge in [-0.1, -0.05) is 24.3 Å². The second-order valence-corrected chi connectivity index (χ2v) is 5.45. The first kappa shape index (κ1) is 10.5. The van der Waals surface area contributed by atoms with Gasteiger partial charge < -0.3 is 5.11 Å². The van der Waals surface area contributed by atoms with Gasteiger partial charge >= 0.3 is 5.97 Å². The maximum atomic E-state index is 11.0. The number of hydrogen-bond donors (Lipinski definition) is 1. The zero-order valence-electron chi connectivity index (χ0n) is 9.30. The van der Waals surface area contributed by atoms with E-state index in [1.807, 2.05) is 19.1 Å². The first-order valence-corrected chi connectivity index (χ1v) is 6.27. The molecule has 17 heavy (non-hydrogen) atoms. The van der Waals surface area contributed by atoms with Crippen LogP contribution in [0.1, 0.15) is 37.4 Å². The zero-order chi connectivity index (χ0) is 12.0. The minimum atomic E-state index is -0.933. The zero-order valence-corrected chi connectivity index (χ0v) is 10.1. The van der Waals surface area contributed by atoms with E-state index >= 15 is 0 Å². The van der Waals surface area contributed by atoms with E-state index in [9.17, 15) is 4.79 Å². The average Bonchev–Trinajstić information content (AvgIpc) is 2.62. The molecule has 0 radical (unpaired) electrons. The number of carbonyl (C=O) groups is 1. The standard InChI is InChI=1S/C13H11NO2S/c1-7-11(13(15)16)14-12(17-7)10-6-8-4-2-3-5-9(8)10/h2-5,10H,6H2,1H3,(H,15,16). The van der Waals surface area contributed by atoms with Gasteiger partial charge in [0.1, 0.15) is 5.01 Å². The Bertz CT molecular complexity index is 603. The summed E-state index contributed by atoms with van der Waals surface area (Å²) in [6.07, 6.45) is 0.974. The SMILES string of the molecule is Cc1sc(C2Cc3ccccc32)nc1C(=O)O. The minimum Gasteiger partial charge on any atom is -0.476 e. The third kappa shape index (κ3) is 1.56. The maximum Gasteiger partial charge on any atom is 0.355 e. The van der Waals surface area contributed by atoms with Crippen LogP contribution in [0.2, 0.25) is 0 Å². The summed E-state index contributed by atoms with van der Waals surface area (Å²) in [4.78, 5) is 16.0. The summed E-state index contributed by atoms with van der Waals surface area (Å²) in [5, 5.41) is 9.92. The molecule has 1 N–H and O–H groups in total. The quantitative estimate of drug-likeness (QED) is 0.885. The molecule has 3 nitrogen and oxygen atoms in total. The molecule has 0 saturated carbocycles. The van der Waals surface area contributed by atoms with Crippen LogP contribution in [0.4, 0.5) is 0 Å². The molecule has 86 valence electrons. The van der Waals surface area contributed by atoms with Crippen LogP contribution >= 0.6 is 11.3 Å². The fourth-order valence-electron chi connectivity index (χ4n) is 2.24. The molecule has 4 heteroatoms. The average molecular weight is 245 g/mol. The van der Waals surface area contributed by atoms with Crippen LogP contribution < -0.4 is 0 Å². The van der Waals surface area contributed by atoms with Crippen molar-refractivity contribution in [2.75, 3.05) is 0 Å². The second-order valence-electron chi connectivity index (χ2n) is 4.22. The number of fused-ring (bicyclic) bond motifs is 1. The molecular formula is C13H11NO2S. The summed E-state index contributed by atoms with van der Waals surface area (Å²) in [5.41, 5.74) is 2.84. The fraction of sp³-hybridized carbons (Fsp3) is 0.231. The third-order valence-corrected chi connectivity index (χ3v) is 4.25. The van der Waals surface area contributed by atoms with Crippen LogP contribution in [-0.4, -0.2) is 16.1 Å². The molecule has 0 saturated heterocycles. The van der Waals surface area contributed by atoms with Crippen molar-refractivity contribution in [3.63, 3.8) is 0 Å². The van der Waals surface area contributed by atoms with Gasteiger partial charge in [0, 0.05) is 10.8 Å². The van der Waals surface area contributed by atoms with Crippen molar-refractivity contribution in [2.24, 2.45) is 0 Å². The molecule has 0 spiro atoms. The van der Waals surface area contributed by atoms with Crippen molar-refractivity contribution in [1.82, 2.24) is 4.98 Å². The van der Waals surface area contributed by atoms with Crippen molar-refractivity contribution >= 4 is 17.3 Å². The van der Waals surface area contributed by atoms with E-state index in [1.54, 1.807) is 0 Å². The van der Waals surface area contributed by atoms with Crippen LogP contribution in [0.3, 0.4) is 0 Å². The second kappa shape index (κ2) is 3.67. The van der Waals surface area contributed by atoms with Crippen molar-refractivity contribution < 1.29 is 9.90 Å². The molecule has 0 bridgehead atoms. The summed E-state index contributed by atoms with van der Waals surface area (Å²) in [7, 11) is 0. The molecule has 1 heterocycles. The lowest BCUT2D eigenvalue weighted by Crippen LogP contribution is -2.17. The highest BCUT2D eigenvalue weighted by Crippen LogP contribution is 2.41. The van der Waals surface area contributed by atoms with Crippen LogP contribution in [-0.2, 0) is 6.42 Å². The number of aromatic carboxylic acids is 1. The molecule has 0 amide bonds. The molecule has 1 aromatic carbocycles. The number of aromatic nitrogens is 1. The highest BCUT2D eigenvalue weighted by Gasteiger charge is 2.30. The molecule has 3 rings (SSSR count). The molecule has 1 aliphatic carbocycles. The topological polar surface area (TPSA) is 50.2 Å². The van der Waals surface area contributed by atoms with E-state index in [4.69, 9.17) is 5.11 Å². The summed E-state index contributed by atoms with van der Waals surface area (Å²) >= 11 is 1.50. The Morgan fingerprint density at radius 3 is 2.88 bits per heavy atom. The number of carboxylic acids is 1. The summed E-state index contributed by atoms with van der Waals surface area (Å²) in [5.74, 6) is -0.638. The summed E-state index contributed by atoms with van der Waals surface area (Å²) in [6, 6.07) is 8.26. The van der Waals surface area contributed by atoms with Crippen LogP contribution in [0.5, 0.6) is 0 Å². The van der Waals surface area contributed by atoms with E-state index in [0.29, 0.717) is 5.92 Å². The molecule has 1 aliphatic rings. The third-order valence-electron chi connectivity index (χ3n) is 3.17. The van der Waals surface area contributed by atoms with E-state index in [2.05, 4.69) is 17.1 Å². The van der Waals surface area contributed by atoms with Gasteiger partial charge in [0.25, 0.3) is 0 Å². The van der Waals surface area contributed by atoms with Gasteiger partial charge in [-0.2, -0.15) is 0 Å². The number of carboxylic acid groups (broad SMARTS) is 1. The van der Waals surface area contributed by atoms with Gasteiger partial charge in [0.05, 0.1) is 0 Å². The number of thiazole rings is 1. The highest BCUT2D eigenvalue weighted by atomic mass is 32.1. The van der Waals surface area contributed by atoms with Gasteiger partial charge in [-0.3, -0.25) is 0 Å². The van der Waals surface area contributed by atoms with Crippen LogP contribution in [0.15, 0.2) is 24.3 Å². The minimum absolute atomic E-state index is 0.203. The molecule has 0 aliphatic heterocycles. The van der Waals surface area contributed by atoms with Crippen molar-refractivity contribution in [3.8, 4) is 0 Å². The van der Waals surface area contributed by atoms with Crippen LogP contribution in [0.25, 0.3) is 0 Å². The Balaban J connectivity index is 1.98. The Hall–Kier alpha value is -1.68. The number of rotatable bonds is 2. The van der Waals surface area contributed by atoms with E-state index in [0.717, 1.165) is 16.3 Å².